The van der Waals surface area contributed by atoms with Gasteiger partial charge >= 0.3 is 0 Å². The highest BCUT2D eigenvalue weighted by Crippen LogP contribution is 2.27. The van der Waals surface area contributed by atoms with Crippen LogP contribution in [0.4, 0.5) is 5.69 Å². The number of nitrogens with zero attached hydrogens (tertiary/aromatic N) is 2. The molecule has 0 fully saturated rings. The maximum absolute atomic E-state index is 13.6. The Morgan fingerprint density at radius 2 is 1.52 bits per heavy atom. The van der Waals surface area contributed by atoms with Crippen molar-refractivity contribution in [2.24, 2.45) is 0 Å². The molecule has 2 aromatic carbocycles. The zero-order chi connectivity index (χ0) is 25.0. The number of hydrogen-bond acceptors (Lipinski definition) is 4. The second-order valence-electron chi connectivity index (χ2n) is 9.43. The van der Waals surface area contributed by atoms with Crippen LogP contribution in [0.1, 0.15) is 44.4 Å². The SMILES string of the molecule is Cc1cccc(C)c1N(CC(=O)N(Cc1ccccc1)[C@@H](C)C(=O)NC(C)(C)C)S(C)(=O)=O. The zero-order valence-corrected chi connectivity index (χ0v) is 21.4. The van der Waals surface area contributed by atoms with Crippen LogP contribution in [0.25, 0.3) is 0 Å². The van der Waals surface area contributed by atoms with Crippen LogP contribution in [0, 0.1) is 13.8 Å². The van der Waals surface area contributed by atoms with Crippen LogP contribution in [0.5, 0.6) is 0 Å². The maximum atomic E-state index is 13.6. The summed E-state index contributed by atoms with van der Waals surface area (Å²) in [6.07, 6.45) is 1.09. The van der Waals surface area contributed by atoms with Crippen molar-refractivity contribution in [1.29, 1.82) is 0 Å². The molecule has 0 aliphatic rings. The summed E-state index contributed by atoms with van der Waals surface area (Å²) < 4.78 is 26.6. The molecule has 2 rings (SSSR count). The molecule has 0 saturated heterocycles. The van der Waals surface area contributed by atoms with E-state index < -0.39 is 34.1 Å². The van der Waals surface area contributed by atoms with Crippen molar-refractivity contribution >= 4 is 27.5 Å². The van der Waals surface area contributed by atoms with Crippen molar-refractivity contribution in [1.82, 2.24) is 10.2 Å². The van der Waals surface area contributed by atoms with Gasteiger partial charge in [0.15, 0.2) is 0 Å². The number of carbonyl (C=O) groups is 2. The second kappa shape index (κ2) is 10.4. The monoisotopic (exact) mass is 473 g/mol. The normalized spacial score (nSPS) is 12.7. The molecule has 0 unspecified atom stereocenters. The first-order valence-electron chi connectivity index (χ1n) is 10.9. The van der Waals surface area contributed by atoms with Crippen molar-refractivity contribution in [3.8, 4) is 0 Å². The third kappa shape index (κ3) is 7.32. The molecule has 0 saturated carbocycles. The first-order chi connectivity index (χ1) is 15.2. The molecule has 0 aromatic heterocycles. The van der Waals surface area contributed by atoms with Gasteiger partial charge in [-0.05, 0) is 58.2 Å². The molecule has 0 aliphatic heterocycles. The minimum absolute atomic E-state index is 0.183. The average Bonchev–Trinajstić information content (AvgIpc) is 2.69. The lowest BCUT2D eigenvalue weighted by atomic mass is 10.1. The van der Waals surface area contributed by atoms with Crippen LogP contribution >= 0.6 is 0 Å². The van der Waals surface area contributed by atoms with Crippen LogP contribution in [0.3, 0.4) is 0 Å². The molecule has 0 radical (unpaired) electrons. The van der Waals surface area contributed by atoms with Crippen molar-refractivity contribution < 1.29 is 18.0 Å². The Hall–Kier alpha value is -2.87. The van der Waals surface area contributed by atoms with Gasteiger partial charge in [0.2, 0.25) is 21.8 Å². The molecular weight excluding hydrogens is 438 g/mol. The second-order valence-corrected chi connectivity index (χ2v) is 11.3. The van der Waals surface area contributed by atoms with Gasteiger partial charge < -0.3 is 10.2 Å². The Kier molecular flexibility index (Phi) is 8.30. The van der Waals surface area contributed by atoms with Crippen molar-refractivity contribution in [2.45, 2.75) is 59.7 Å². The molecule has 0 heterocycles. The highest BCUT2D eigenvalue weighted by atomic mass is 32.2. The molecule has 0 spiro atoms. The van der Waals surface area contributed by atoms with Crippen LogP contribution in [0.2, 0.25) is 0 Å². The van der Waals surface area contributed by atoms with Gasteiger partial charge in [-0.3, -0.25) is 13.9 Å². The number of carbonyl (C=O) groups excluding carboxylic acids is 2. The Balaban J connectivity index is 2.44. The molecule has 0 bridgehead atoms. The minimum Gasteiger partial charge on any atom is -0.350 e. The number of nitrogens with one attached hydrogen (secondary N) is 1. The van der Waals surface area contributed by atoms with Gasteiger partial charge in [0.25, 0.3) is 0 Å². The molecule has 1 atom stereocenters. The summed E-state index contributed by atoms with van der Waals surface area (Å²) in [7, 11) is -3.75. The third-order valence-electron chi connectivity index (χ3n) is 5.23. The summed E-state index contributed by atoms with van der Waals surface area (Å²) in [6, 6.07) is 14.0. The van der Waals surface area contributed by atoms with Gasteiger partial charge in [0.1, 0.15) is 12.6 Å². The molecule has 8 heteroatoms. The lowest BCUT2D eigenvalue weighted by Gasteiger charge is -2.33. The van der Waals surface area contributed by atoms with E-state index in [0.29, 0.717) is 5.69 Å². The molecule has 2 amide bonds. The van der Waals surface area contributed by atoms with E-state index in [0.717, 1.165) is 27.3 Å². The smallest absolute Gasteiger partial charge is 0.244 e. The summed E-state index contributed by atoms with van der Waals surface area (Å²) in [5.74, 6) is -0.756. The summed E-state index contributed by atoms with van der Waals surface area (Å²) in [5, 5.41) is 2.91. The number of hydrogen-bond donors (Lipinski definition) is 1. The molecular formula is C25H35N3O4S. The summed E-state index contributed by atoms with van der Waals surface area (Å²) in [5.41, 5.74) is 2.37. The maximum Gasteiger partial charge on any atom is 0.244 e. The standard InChI is InChI=1S/C25H35N3O4S/c1-18-12-11-13-19(2)23(18)28(33(7,31)32)17-22(29)27(16-21-14-9-8-10-15-21)20(3)24(30)26-25(4,5)6/h8-15,20H,16-17H2,1-7H3,(H,26,30)/t20-/m0/s1. The van der Waals surface area contributed by atoms with Gasteiger partial charge in [0.05, 0.1) is 11.9 Å². The zero-order valence-electron chi connectivity index (χ0n) is 20.5. The van der Waals surface area contributed by atoms with Crippen molar-refractivity contribution in [2.75, 3.05) is 17.1 Å². The number of amides is 2. The number of aryl methyl sites for hydroxylation is 2. The van der Waals surface area contributed by atoms with E-state index in [2.05, 4.69) is 5.32 Å². The van der Waals surface area contributed by atoms with E-state index in [1.807, 2.05) is 83.1 Å². The fraction of sp³-hybridized carbons (Fsp3) is 0.440. The van der Waals surface area contributed by atoms with E-state index >= 15 is 0 Å². The number of rotatable bonds is 8. The Morgan fingerprint density at radius 3 is 2.00 bits per heavy atom. The third-order valence-corrected chi connectivity index (χ3v) is 6.34. The fourth-order valence-corrected chi connectivity index (χ4v) is 4.58. The first kappa shape index (κ1) is 26.4. The number of benzene rings is 2. The van der Waals surface area contributed by atoms with Gasteiger partial charge in [-0.15, -0.1) is 0 Å². The Bertz CT molecular complexity index is 1070. The summed E-state index contributed by atoms with van der Waals surface area (Å²) in [4.78, 5) is 27.9. The van der Waals surface area contributed by atoms with Gasteiger partial charge in [-0.2, -0.15) is 0 Å². The van der Waals surface area contributed by atoms with Crippen molar-refractivity contribution in [3.05, 3.63) is 65.2 Å². The van der Waals surface area contributed by atoms with Gasteiger partial charge in [-0.25, -0.2) is 8.42 Å². The fourth-order valence-electron chi connectivity index (χ4n) is 3.61. The largest absolute Gasteiger partial charge is 0.350 e. The highest BCUT2D eigenvalue weighted by molar-refractivity contribution is 7.92. The van der Waals surface area contributed by atoms with Crippen LogP contribution < -0.4 is 9.62 Å². The molecule has 33 heavy (non-hydrogen) atoms. The number of para-hydroxylation sites is 1. The Morgan fingerprint density at radius 1 is 0.970 bits per heavy atom. The van der Waals surface area contributed by atoms with E-state index in [1.165, 1.54) is 4.90 Å². The topological polar surface area (TPSA) is 86.8 Å². The average molecular weight is 474 g/mol. The molecule has 2 aromatic rings. The summed E-state index contributed by atoms with van der Waals surface area (Å²) in [6.45, 7) is 10.7. The number of anilines is 1. The molecule has 7 nitrogen and oxygen atoms in total. The predicted molar refractivity (Wildman–Crippen MR) is 132 cm³/mol. The van der Waals surface area contributed by atoms with E-state index in [1.54, 1.807) is 6.92 Å². The number of sulfonamides is 1. The Labute approximate surface area is 197 Å². The van der Waals surface area contributed by atoms with Crippen LogP contribution in [-0.2, 0) is 26.2 Å². The summed E-state index contributed by atoms with van der Waals surface area (Å²) >= 11 is 0. The van der Waals surface area contributed by atoms with E-state index in [-0.39, 0.29) is 12.5 Å². The molecule has 0 aliphatic carbocycles. The van der Waals surface area contributed by atoms with Crippen LogP contribution in [-0.4, -0.2) is 49.5 Å². The van der Waals surface area contributed by atoms with Gasteiger partial charge in [0, 0.05) is 12.1 Å². The minimum atomic E-state index is -3.75. The van der Waals surface area contributed by atoms with Gasteiger partial charge in [-0.1, -0.05) is 48.5 Å². The quantitative estimate of drug-likeness (QED) is 0.637. The first-order valence-corrected chi connectivity index (χ1v) is 12.7. The van der Waals surface area contributed by atoms with E-state index in [9.17, 15) is 18.0 Å². The van der Waals surface area contributed by atoms with E-state index in [4.69, 9.17) is 0 Å². The molecule has 1 N–H and O–H groups in total. The van der Waals surface area contributed by atoms with Crippen molar-refractivity contribution in [3.63, 3.8) is 0 Å². The predicted octanol–water partition coefficient (Wildman–Crippen LogP) is 3.40. The van der Waals surface area contributed by atoms with Crippen LogP contribution in [0.15, 0.2) is 48.5 Å². The lowest BCUT2D eigenvalue weighted by molar-refractivity contribution is -0.140. The molecule has 180 valence electrons. The lowest BCUT2D eigenvalue weighted by Crippen LogP contribution is -2.54. The highest BCUT2D eigenvalue weighted by Gasteiger charge is 2.32.